The molecule has 2 amide bonds. The second-order valence-electron chi connectivity index (χ2n) is 6.74. The Morgan fingerprint density at radius 2 is 1.87 bits per heavy atom. The number of benzene rings is 1. The van der Waals surface area contributed by atoms with Crippen LogP contribution in [0.5, 0.6) is 0 Å². The van der Waals surface area contributed by atoms with Crippen molar-refractivity contribution in [2.75, 3.05) is 29.9 Å². The van der Waals surface area contributed by atoms with Gasteiger partial charge in [0, 0.05) is 37.1 Å². The van der Waals surface area contributed by atoms with Crippen LogP contribution in [0, 0.1) is 28.6 Å². The number of carbonyl (C=O) groups excluding carboxylic acids is 2. The molecule has 2 heterocycles. The Balaban J connectivity index is 1.49. The molecule has 152 valence electrons. The van der Waals surface area contributed by atoms with E-state index in [1.807, 2.05) is 17.0 Å². The number of anilines is 2. The highest BCUT2D eigenvalue weighted by Crippen LogP contribution is 2.23. The smallest absolute Gasteiger partial charge is 0.313 e. The van der Waals surface area contributed by atoms with Gasteiger partial charge in [-0.3, -0.25) is 9.59 Å². The van der Waals surface area contributed by atoms with E-state index in [2.05, 4.69) is 20.6 Å². The van der Waals surface area contributed by atoms with E-state index >= 15 is 0 Å². The van der Waals surface area contributed by atoms with Crippen molar-refractivity contribution in [1.29, 1.82) is 10.5 Å². The Bertz CT molecular complexity index is 1040. The fraction of sp³-hybridized carbons (Fsp3) is 0.300. The number of nitrogens with one attached hydrogen (secondary N) is 2. The Hall–Kier alpha value is -3.69. The lowest BCUT2D eigenvalue weighted by Gasteiger charge is -2.32. The molecule has 0 unspecified atom stereocenters. The first kappa shape index (κ1) is 21.0. The molecule has 1 aromatic carbocycles. The number of nitriles is 2. The third-order valence-electron chi connectivity index (χ3n) is 4.81. The van der Waals surface area contributed by atoms with Crippen LogP contribution in [0.2, 0.25) is 5.02 Å². The molecule has 1 aliphatic rings. The Kier molecular flexibility index (Phi) is 6.79. The average molecular weight is 424 g/mol. The van der Waals surface area contributed by atoms with Crippen molar-refractivity contribution in [3.05, 3.63) is 46.9 Å². The van der Waals surface area contributed by atoms with Crippen LogP contribution in [-0.2, 0) is 9.59 Å². The molecule has 0 atom stereocenters. The molecule has 3 rings (SSSR count). The lowest BCUT2D eigenvalue weighted by Crippen LogP contribution is -2.42. The van der Waals surface area contributed by atoms with Crippen molar-refractivity contribution in [3.63, 3.8) is 0 Å². The molecule has 1 aliphatic heterocycles. The average Bonchev–Trinajstić information content (AvgIpc) is 2.78. The Labute approximate surface area is 178 Å². The van der Waals surface area contributed by atoms with Crippen molar-refractivity contribution >= 4 is 34.9 Å². The third-order valence-corrected chi connectivity index (χ3v) is 5.04. The van der Waals surface area contributed by atoms with Crippen molar-refractivity contribution in [3.8, 4) is 12.1 Å². The van der Waals surface area contributed by atoms with Gasteiger partial charge in [-0.2, -0.15) is 10.5 Å². The number of rotatable bonds is 4. The van der Waals surface area contributed by atoms with Crippen LogP contribution in [-0.4, -0.2) is 41.4 Å². The number of amides is 2. The molecule has 0 radical (unpaired) electrons. The SMILES string of the molecule is N#Cc1ccc(Cl)cc1NC(=O)C(=O)NCC1CCN(c2nccnc2C#N)CC1. The summed E-state index contributed by atoms with van der Waals surface area (Å²) in [6.45, 7) is 1.70. The highest BCUT2D eigenvalue weighted by molar-refractivity contribution is 6.40. The predicted molar refractivity (Wildman–Crippen MR) is 109 cm³/mol. The van der Waals surface area contributed by atoms with Gasteiger partial charge in [-0.25, -0.2) is 9.97 Å². The molecule has 0 bridgehead atoms. The van der Waals surface area contributed by atoms with E-state index in [9.17, 15) is 9.59 Å². The first-order valence-electron chi connectivity index (χ1n) is 9.26. The zero-order valence-electron chi connectivity index (χ0n) is 15.9. The molecule has 1 fully saturated rings. The van der Waals surface area contributed by atoms with E-state index in [1.54, 1.807) is 6.20 Å². The second-order valence-corrected chi connectivity index (χ2v) is 7.17. The largest absolute Gasteiger partial charge is 0.354 e. The molecule has 0 spiro atoms. The molecule has 0 saturated carbocycles. The number of hydrogen-bond donors (Lipinski definition) is 2. The van der Waals surface area contributed by atoms with Crippen molar-refractivity contribution in [2.45, 2.75) is 12.8 Å². The maximum Gasteiger partial charge on any atom is 0.313 e. The van der Waals surface area contributed by atoms with Crippen molar-refractivity contribution < 1.29 is 9.59 Å². The summed E-state index contributed by atoms with van der Waals surface area (Å²) in [5, 5.41) is 23.7. The maximum absolute atomic E-state index is 12.1. The normalized spacial score (nSPS) is 13.8. The van der Waals surface area contributed by atoms with E-state index in [1.165, 1.54) is 24.4 Å². The number of aromatic nitrogens is 2. The molecule has 2 N–H and O–H groups in total. The minimum Gasteiger partial charge on any atom is -0.354 e. The van der Waals surface area contributed by atoms with Gasteiger partial charge in [-0.15, -0.1) is 0 Å². The highest BCUT2D eigenvalue weighted by atomic mass is 35.5. The third kappa shape index (κ3) is 5.02. The summed E-state index contributed by atoms with van der Waals surface area (Å²) >= 11 is 5.88. The molecule has 10 heteroatoms. The van der Waals surface area contributed by atoms with E-state index < -0.39 is 11.8 Å². The predicted octanol–water partition coefficient (Wildman–Crippen LogP) is 1.84. The van der Waals surface area contributed by atoms with Crippen molar-refractivity contribution in [1.82, 2.24) is 15.3 Å². The monoisotopic (exact) mass is 423 g/mol. The Morgan fingerprint density at radius 1 is 1.13 bits per heavy atom. The van der Waals surface area contributed by atoms with Gasteiger partial charge in [-0.05, 0) is 37.0 Å². The standard InChI is InChI=1S/C20H18ClN7O2/c21-15-2-1-14(10-22)16(9-15)27-20(30)19(29)26-12-13-3-7-28(8-4-13)18-17(11-23)24-5-6-25-18/h1-2,5-6,9,13H,3-4,7-8,12H2,(H,26,29)(H,27,30). The molecular formula is C20H18ClN7O2. The number of piperidine rings is 1. The van der Waals surface area contributed by atoms with Gasteiger partial charge >= 0.3 is 11.8 Å². The summed E-state index contributed by atoms with van der Waals surface area (Å²) in [7, 11) is 0. The van der Waals surface area contributed by atoms with Gasteiger partial charge in [0.25, 0.3) is 0 Å². The fourth-order valence-electron chi connectivity index (χ4n) is 3.20. The highest BCUT2D eigenvalue weighted by Gasteiger charge is 2.24. The van der Waals surface area contributed by atoms with Crippen LogP contribution in [0.1, 0.15) is 24.1 Å². The lowest BCUT2D eigenvalue weighted by atomic mass is 9.96. The zero-order chi connectivity index (χ0) is 21.5. The minimum atomic E-state index is -0.857. The first-order valence-corrected chi connectivity index (χ1v) is 9.64. The molecular weight excluding hydrogens is 406 g/mol. The summed E-state index contributed by atoms with van der Waals surface area (Å²) in [5.74, 6) is -0.871. The number of nitrogens with zero attached hydrogens (tertiary/aromatic N) is 5. The summed E-state index contributed by atoms with van der Waals surface area (Å²) < 4.78 is 0. The van der Waals surface area contributed by atoms with Gasteiger partial charge < -0.3 is 15.5 Å². The summed E-state index contributed by atoms with van der Waals surface area (Å²) in [4.78, 5) is 34.6. The van der Waals surface area contributed by atoms with Crippen molar-refractivity contribution in [2.24, 2.45) is 5.92 Å². The second kappa shape index (κ2) is 9.68. The number of carbonyl (C=O) groups is 2. The summed E-state index contributed by atoms with van der Waals surface area (Å²) in [5.41, 5.74) is 0.697. The quantitative estimate of drug-likeness (QED) is 0.716. The van der Waals surface area contributed by atoms with Gasteiger partial charge in [0.15, 0.2) is 11.5 Å². The van der Waals surface area contributed by atoms with E-state index in [0.717, 1.165) is 12.8 Å². The fourth-order valence-corrected chi connectivity index (χ4v) is 3.38. The molecule has 1 aromatic heterocycles. The molecule has 30 heavy (non-hydrogen) atoms. The van der Waals surface area contributed by atoms with Crippen LogP contribution < -0.4 is 15.5 Å². The minimum absolute atomic E-state index is 0.190. The van der Waals surface area contributed by atoms with Crippen LogP contribution in [0.3, 0.4) is 0 Å². The van der Waals surface area contributed by atoms with Crippen LogP contribution in [0.4, 0.5) is 11.5 Å². The van der Waals surface area contributed by atoms with Gasteiger partial charge in [0.05, 0.1) is 11.3 Å². The van der Waals surface area contributed by atoms with E-state index in [-0.39, 0.29) is 17.2 Å². The zero-order valence-corrected chi connectivity index (χ0v) is 16.7. The summed E-state index contributed by atoms with van der Waals surface area (Å²) in [6.07, 6.45) is 4.59. The molecule has 9 nitrogen and oxygen atoms in total. The van der Waals surface area contributed by atoms with Gasteiger partial charge in [0.2, 0.25) is 0 Å². The molecule has 0 aliphatic carbocycles. The molecule has 2 aromatic rings. The molecule has 1 saturated heterocycles. The van der Waals surface area contributed by atoms with E-state index in [4.69, 9.17) is 22.1 Å². The number of hydrogen-bond acceptors (Lipinski definition) is 7. The van der Waals surface area contributed by atoms with Gasteiger partial charge in [0.1, 0.15) is 12.1 Å². The number of halogens is 1. The maximum atomic E-state index is 12.1. The van der Waals surface area contributed by atoms with E-state index in [0.29, 0.717) is 36.2 Å². The van der Waals surface area contributed by atoms with Gasteiger partial charge in [-0.1, -0.05) is 11.6 Å². The van der Waals surface area contributed by atoms with Crippen LogP contribution in [0.25, 0.3) is 0 Å². The van der Waals surface area contributed by atoms with Crippen LogP contribution in [0.15, 0.2) is 30.6 Å². The lowest BCUT2D eigenvalue weighted by molar-refractivity contribution is -0.136. The Morgan fingerprint density at radius 3 is 2.57 bits per heavy atom. The van der Waals surface area contributed by atoms with Crippen LogP contribution >= 0.6 is 11.6 Å². The topological polar surface area (TPSA) is 135 Å². The first-order chi connectivity index (χ1) is 14.5. The summed E-state index contributed by atoms with van der Waals surface area (Å²) in [6, 6.07) is 8.40.